The zero-order valence-corrected chi connectivity index (χ0v) is 11.2. The quantitative estimate of drug-likeness (QED) is 0.791. The number of nitrogens with one attached hydrogen (secondary N) is 2. The Bertz CT molecular complexity index is 531. The maximum Gasteiger partial charge on any atom is 0.307 e. The van der Waals surface area contributed by atoms with E-state index in [9.17, 15) is 18.8 Å². The van der Waals surface area contributed by atoms with Crippen molar-refractivity contribution in [3.05, 3.63) is 29.6 Å². The lowest BCUT2D eigenvalue weighted by Crippen LogP contribution is -2.27. The third-order valence-corrected chi connectivity index (χ3v) is 2.37. The van der Waals surface area contributed by atoms with Crippen molar-refractivity contribution in [1.82, 2.24) is 5.32 Å². The maximum atomic E-state index is 13.5. The summed E-state index contributed by atoms with van der Waals surface area (Å²) >= 11 is 0. The van der Waals surface area contributed by atoms with Crippen LogP contribution in [0.3, 0.4) is 0 Å². The second-order valence-electron chi connectivity index (χ2n) is 3.96. The number of halogens is 1. The first kappa shape index (κ1) is 15.6. The molecule has 0 aliphatic rings. The molecule has 0 bridgehead atoms. The average molecular weight is 282 g/mol. The van der Waals surface area contributed by atoms with E-state index < -0.39 is 17.7 Å². The molecule has 7 heteroatoms. The molecule has 20 heavy (non-hydrogen) atoms. The summed E-state index contributed by atoms with van der Waals surface area (Å²) in [5.74, 6) is -2.18. The van der Waals surface area contributed by atoms with Crippen LogP contribution in [0.15, 0.2) is 18.2 Å². The summed E-state index contributed by atoms with van der Waals surface area (Å²) in [5.41, 5.74) is 0.109. The van der Waals surface area contributed by atoms with Gasteiger partial charge < -0.3 is 15.4 Å². The Balaban J connectivity index is 2.71. The van der Waals surface area contributed by atoms with E-state index in [-0.39, 0.29) is 24.4 Å². The Hall–Kier alpha value is -2.44. The fourth-order valence-corrected chi connectivity index (χ4v) is 1.46. The van der Waals surface area contributed by atoms with Gasteiger partial charge >= 0.3 is 5.97 Å². The first-order chi connectivity index (χ1) is 9.43. The van der Waals surface area contributed by atoms with Gasteiger partial charge in [0.05, 0.1) is 19.1 Å². The van der Waals surface area contributed by atoms with E-state index in [4.69, 9.17) is 0 Å². The van der Waals surface area contributed by atoms with Crippen LogP contribution in [-0.4, -0.2) is 31.4 Å². The van der Waals surface area contributed by atoms with Crippen molar-refractivity contribution in [3.63, 3.8) is 0 Å². The Kier molecular flexibility index (Phi) is 5.64. The minimum atomic E-state index is -0.713. The maximum absolute atomic E-state index is 13.5. The second-order valence-corrected chi connectivity index (χ2v) is 3.96. The van der Waals surface area contributed by atoms with Crippen LogP contribution in [0.25, 0.3) is 0 Å². The zero-order chi connectivity index (χ0) is 15.1. The molecule has 0 atom stereocenters. The molecule has 0 aliphatic carbocycles. The van der Waals surface area contributed by atoms with Crippen molar-refractivity contribution >= 4 is 23.5 Å². The molecule has 0 saturated carbocycles. The highest BCUT2D eigenvalue weighted by Gasteiger charge is 2.13. The van der Waals surface area contributed by atoms with Crippen LogP contribution in [0.1, 0.15) is 23.7 Å². The number of hydrogen-bond acceptors (Lipinski definition) is 4. The van der Waals surface area contributed by atoms with Gasteiger partial charge in [-0.1, -0.05) is 0 Å². The number of carbonyl (C=O) groups is 3. The standard InChI is InChI=1S/C13H15FN2O4/c1-8(17)16-9-3-4-11(14)10(7-9)13(19)15-6-5-12(18)20-2/h3-4,7H,5-6H2,1-2H3,(H,15,19)(H,16,17). The summed E-state index contributed by atoms with van der Waals surface area (Å²) in [7, 11) is 1.24. The Morgan fingerprint density at radius 2 is 2.00 bits per heavy atom. The van der Waals surface area contributed by atoms with Gasteiger partial charge in [0.1, 0.15) is 5.82 Å². The van der Waals surface area contributed by atoms with Crippen LogP contribution in [-0.2, 0) is 14.3 Å². The molecule has 0 radical (unpaired) electrons. The van der Waals surface area contributed by atoms with Crippen molar-refractivity contribution < 1.29 is 23.5 Å². The smallest absolute Gasteiger partial charge is 0.307 e. The second kappa shape index (κ2) is 7.22. The first-order valence-corrected chi connectivity index (χ1v) is 5.86. The van der Waals surface area contributed by atoms with E-state index in [0.717, 1.165) is 6.07 Å². The molecule has 1 aromatic carbocycles. The molecule has 2 amide bonds. The van der Waals surface area contributed by atoms with Gasteiger partial charge in [0.15, 0.2) is 0 Å². The van der Waals surface area contributed by atoms with Crippen molar-refractivity contribution in [2.24, 2.45) is 0 Å². The summed E-state index contributed by atoms with van der Waals surface area (Å²) in [5, 5.41) is 4.84. The Labute approximate surface area is 115 Å². The van der Waals surface area contributed by atoms with Crippen LogP contribution >= 0.6 is 0 Å². The average Bonchev–Trinajstić information content (AvgIpc) is 2.40. The van der Waals surface area contributed by atoms with Gasteiger partial charge in [-0.25, -0.2) is 4.39 Å². The van der Waals surface area contributed by atoms with E-state index in [1.807, 2.05) is 0 Å². The fourth-order valence-electron chi connectivity index (χ4n) is 1.46. The molecule has 6 nitrogen and oxygen atoms in total. The summed E-state index contributed by atoms with van der Waals surface area (Å²) in [6.07, 6.45) is -0.00472. The number of methoxy groups -OCH3 is 1. The summed E-state index contributed by atoms with van der Waals surface area (Å²) in [6, 6.07) is 3.66. The van der Waals surface area contributed by atoms with Gasteiger partial charge in [0, 0.05) is 19.2 Å². The monoisotopic (exact) mass is 282 g/mol. The van der Waals surface area contributed by atoms with Gasteiger partial charge in [-0.3, -0.25) is 14.4 Å². The molecule has 1 rings (SSSR count). The first-order valence-electron chi connectivity index (χ1n) is 5.86. The topological polar surface area (TPSA) is 84.5 Å². The van der Waals surface area contributed by atoms with Crippen LogP contribution in [0.4, 0.5) is 10.1 Å². The number of hydrogen-bond donors (Lipinski definition) is 2. The van der Waals surface area contributed by atoms with E-state index in [1.54, 1.807) is 0 Å². The van der Waals surface area contributed by atoms with Crippen LogP contribution in [0, 0.1) is 5.82 Å². The Morgan fingerprint density at radius 3 is 2.60 bits per heavy atom. The molecule has 0 saturated heterocycles. The van der Waals surface area contributed by atoms with Crippen LogP contribution in [0.5, 0.6) is 0 Å². The summed E-state index contributed by atoms with van der Waals surface area (Å²) < 4.78 is 18.0. The SMILES string of the molecule is COC(=O)CCNC(=O)c1cc(NC(C)=O)ccc1F. The highest BCUT2D eigenvalue weighted by atomic mass is 19.1. The highest BCUT2D eigenvalue weighted by molar-refractivity contribution is 5.97. The van der Waals surface area contributed by atoms with Crippen molar-refractivity contribution in [3.8, 4) is 0 Å². The number of rotatable bonds is 5. The minimum absolute atomic E-state index is 0.00472. The van der Waals surface area contributed by atoms with Crippen LogP contribution < -0.4 is 10.6 Å². The van der Waals surface area contributed by atoms with E-state index in [0.29, 0.717) is 5.69 Å². The van der Waals surface area contributed by atoms with E-state index >= 15 is 0 Å². The summed E-state index contributed by atoms with van der Waals surface area (Å²) in [4.78, 5) is 33.5. The summed E-state index contributed by atoms with van der Waals surface area (Å²) in [6.45, 7) is 1.34. The molecular weight excluding hydrogens is 267 g/mol. The lowest BCUT2D eigenvalue weighted by Gasteiger charge is -2.08. The van der Waals surface area contributed by atoms with Crippen LogP contribution in [0.2, 0.25) is 0 Å². The third-order valence-electron chi connectivity index (χ3n) is 2.37. The number of esters is 1. The largest absolute Gasteiger partial charge is 0.469 e. The van der Waals surface area contributed by atoms with Gasteiger partial charge in [-0.05, 0) is 18.2 Å². The molecule has 0 unspecified atom stereocenters. The minimum Gasteiger partial charge on any atom is -0.469 e. The predicted octanol–water partition coefficient (Wildman–Crippen LogP) is 1.08. The number of ether oxygens (including phenoxy) is 1. The molecule has 0 heterocycles. The van der Waals surface area contributed by atoms with Crippen molar-refractivity contribution in [2.75, 3.05) is 19.0 Å². The predicted molar refractivity (Wildman–Crippen MR) is 69.7 cm³/mol. The highest BCUT2D eigenvalue weighted by Crippen LogP contribution is 2.14. The zero-order valence-electron chi connectivity index (χ0n) is 11.2. The Morgan fingerprint density at radius 1 is 1.30 bits per heavy atom. The number of carbonyl (C=O) groups excluding carboxylic acids is 3. The molecule has 0 fully saturated rings. The van der Waals surface area contributed by atoms with Crippen molar-refractivity contribution in [2.45, 2.75) is 13.3 Å². The van der Waals surface area contributed by atoms with Gasteiger partial charge in [-0.15, -0.1) is 0 Å². The number of benzene rings is 1. The molecule has 108 valence electrons. The number of amides is 2. The lowest BCUT2D eigenvalue weighted by molar-refractivity contribution is -0.140. The number of anilines is 1. The normalized spacial score (nSPS) is 9.75. The van der Waals surface area contributed by atoms with Crippen molar-refractivity contribution in [1.29, 1.82) is 0 Å². The van der Waals surface area contributed by atoms with Gasteiger partial charge in [-0.2, -0.15) is 0 Å². The van der Waals surface area contributed by atoms with E-state index in [2.05, 4.69) is 15.4 Å². The molecule has 0 aliphatic heterocycles. The molecule has 0 aromatic heterocycles. The fraction of sp³-hybridized carbons (Fsp3) is 0.308. The molecule has 1 aromatic rings. The third kappa shape index (κ3) is 4.68. The molecule has 2 N–H and O–H groups in total. The molecular formula is C13H15FN2O4. The molecule has 0 spiro atoms. The van der Waals surface area contributed by atoms with Gasteiger partial charge in [0.2, 0.25) is 5.91 Å². The van der Waals surface area contributed by atoms with E-state index in [1.165, 1.54) is 26.2 Å². The lowest BCUT2D eigenvalue weighted by atomic mass is 10.1. The van der Waals surface area contributed by atoms with Gasteiger partial charge in [0.25, 0.3) is 5.91 Å².